The Kier molecular flexibility index (Phi) is 4.16. The van der Waals surface area contributed by atoms with Crippen molar-refractivity contribution in [3.05, 3.63) is 59.2 Å². The van der Waals surface area contributed by atoms with Crippen molar-refractivity contribution in [1.29, 1.82) is 0 Å². The van der Waals surface area contributed by atoms with E-state index >= 15 is 0 Å². The third-order valence-electron chi connectivity index (χ3n) is 3.66. The Morgan fingerprint density at radius 3 is 2.67 bits per heavy atom. The number of carbonyl (C=O) groups is 2. The van der Waals surface area contributed by atoms with Gasteiger partial charge < -0.3 is 14.8 Å². The largest absolute Gasteiger partial charge is 0.480 e. The van der Waals surface area contributed by atoms with Crippen molar-refractivity contribution in [3.63, 3.8) is 0 Å². The maximum atomic E-state index is 13.9. The molecule has 0 aliphatic carbocycles. The molecular formula is C17H13F2NO4. The van der Waals surface area contributed by atoms with Crippen molar-refractivity contribution in [2.45, 2.75) is 12.5 Å². The predicted octanol–water partition coefficient (Wildman–Crippen LogP) is 2.69. The first-order valence-electron chi connectivity index (χ1n) is 7.12. The number of esters is 1. The summed E-state index contributed by atoms with van der Waals surface area (Å²) in [5.74, 6) is -3.03. The zero-order chi connectivity index (χ0) is 17.3. The van der Waals surface area contributed by atoms with Crippen molar-refractivity contribution in [2.24, 2.45) is 0 Å². The number of benzene rings is 2. The fourth-order valence-corrected chi connectivity index (χ4v) is 2.45. The maximum Gasteiger partial charge on any atom is 0.340 e. The van der Waals surface area contributed by atoms with Crippen LogP contribution in [0.5, 0.6) is 5.75 Å². The zero-order valence-electron chi connectivity index (χ0n) is 12.6. The molecule has 1 atom stereocenters. The number of hydrogen-bond acceptors (Lipinski definition) is 4. The predicted molar refractivity (Wildman–Crippen MR) is 80.9 cm³/mol. The molecular weight excluding hydrogens is 320 g/mol. The number of hydrogen-bond donors (Lipinski definition) is 1. The molecule has 0 saturated heterocycles. The first-order chi connectivity index (χ1) is 11.5. The Morgan fingerprint density at radius 1 is 1.21 bits per heavy atom. The van der Waals surface area contributed by atoms with E-state index < -0.39 is 35.2 Å². The second-order valence-electron chi connectivity index (χ2n) is 5.21. The first-order valence-corrected chi connectivity index (χ1v) is 7.12. The summed E-state index contributed by atoms with van der Waals surface area (Å²) in [5, 5.41) is 2.32. The van der Waals surface area contributed by atoms with Gasteiger partial charge in [-0.05, 0) is 17.7 Å². The molecule has 3 rings (SSSR count). The Labute approximate surface area is 136 Å². The monoisotopic (exact) mass is 333 g/mol. The fourth-order valence-electron chi connectivity index (χ4n) is 2.45. The zero-order valence-corrected chi connectivity index (χ0v) is 12.6. The molecule has 2 aromatic carbocycles. The van der Waals surface area contributed by atoms with Crippen LogP contribution in [0.25, 0.3) is 0 Å². The lowest BCUT2D eigenvalue weighted by molar-refractivity contribution is -0.122. The van der Waals surface area contributed by atoms with Crippen molar-refractivity contribution < 1.29 is 27.8 Å². The van der Waals surface area contributed by atoms with Gasteiger partial charge in [0, 0.05) is 12.5 Å². The highest BCUT2D eigenvalue weighted by molar-refractivity contribution is 5.97. The average Bonchev–Trinajstić information content (AvgIpc) is 3.00. The van der Waals surface area contributed by atoms with Crippen LogP contribution in [-0.4, -0.2) is 25.1 Å². The Hall–Kier alpha value is -2.96. The maximum absolute atomic E-state index is 13.9. The van der Waals surface area contributed by atoms with E-state index in [0.29, 0.717) is 18.2 Å². The molecule has 0 saturated carbocycles. The minimum absolute atomic E-state index is 0.318. The molecule has 1 amide bonds. The van der Waals surface area contributed by atoms with Gasteiger partial charge in [-0.3, -0.25) is 4.79 Å². The molecule has 0 bridgehead atoms. The third kappa shape index (κ3) is 2.92. The second-order valence-corrected chi connectivity index (χ2v) is 5.21. The summed E-state index contributed by atoms with van der Waals surface area (Å²) >= 11 is 0. The van der Waals surface area contributed by atoms with Crippen LogP contribution in [0, 0.1) is 11.6 Å². The fraction of sp³-hybridized carbons (Fsp3) is 0.176. The number of methoxy groups -OCH3 is 1. The summed E-state index contributed by atoms with van der Waals surface area (Å²) < 4.78 is 37.4. The van der Waals surface area contributed by atoms with Crippen molar-refractivity contribution in [2.75, 3.05) is 12.4 Å². The van der Waals surface area contributed by atoms with E-state index in [2.05, 4.69) is 10.1 Å². The number of fused-ring (bicyclic) bond motifs is 1. The molecule has 1 N–H and O–H groups in total. The third-order valence-corrected chi connectivity index (χ3v) is 3.66. The molecule has 7 heteroatoms. The lowest BCUT2D eigenvalue weighted by atomic mass is 10.1. The van der Waals surface area contributed by atoms with Crippen LogP contribution in [0.15, 0.2) is 36.4 Å². The van der Waals surface area contributed by atoms with E-state index in [-0.39, 0.29) is 5.69 Å². The molecule has 1 unspecified atom stereocenters. The van der Waals surface area contributed by atoms with Crippen molar-refractivity contribution in [1.82, 2.24) is 0 Å². The average molecular weight is 333 g/mol. The van der Waals surface area contributed by atoms with Gasteiger partial charge >= 0.3 is 5.97 Å². The number of para-hydroxylation sites is 1. The highest BCUT2D eigenvalue weighted by Gasteiger charge is 2.29. The molecule has 24 heavy (non-hydrogen) atoms. The van der Waals surface area contributed by atoms with E-state index in [9.17, 15) is 18.4 Å². The Balaban J connectivity index is 1.79. The lowest BCUT2D eigenvalue weighted by Gasteiger charge is -2.13. The second kappa shape index (κ2) is 6.27. The summed E-state index contributed by atoms with van der Waals surface area (Å²) in [6, 6.07) is 8.58. The van der Waals surface area contributed by atoms with Crippen LogP contribution in [0.2, 0.25) is 0 Å². The smallest absolute Gasteiger partial charge is 0.340 e. The van der Waals surface area contributed by atoms with E-state index in [4.69, 9.17) is 4.74 Å². The first kappa shape index (κ1) is 15.9. The van der Waals surface area contributed by atoms with Crippen LogP contribution >= 0.6 is 0 Å². The molecule has 0 spiro atoms. The normalized spacial score (nSPS) is 15.4. The van der Waals surface area contributed by atoms with Gasteiger partial charge in [0.15, 0.2) is 6.10 Å². The van der Waals surface area contributed by atoms with Gasteiger partial charge in [-0.2, -0.15) is 0 Å². The van der Waals surface area contributed by atoms with Gasteiger partial charge in [-0.1, -0.05) is 18.2 Å². The van der Waals surface area contributed by atoms with E-state index in [1.165, 1.54) is 0 Å². The molecule has 1 aliphatic heterocycles. The van der Waals surface area contributed by atoms with Crippen molar-refractivity contribution >= 4 is 17.6 Å². The summed E-state index contributed by atoms with van der Waals surface area (Å²) in [4.78, 5) is 23.7. The van der Waals surface area contributed by atoms with Gasteiger partial charge in [0.25, 0.3) is 5.91 Å². The molecule has 1 heterocycles. The summed E-state index contributed by atoms with van der Waals surface area (Å²) in [6.45, 7) is 0. The van der Waals surface area contributed by atoms with Gasteiger partial charge in [0.05, 0.1) is 18.4 Å². The number of anilines is 1. The number of halogens is 2. The molecule has 5 nitrogen and oxygen atoms in total. The topological polar surface area (TPSA) is 64.6 Å². The molecule has 0 aromatic heterocycles. The highest BCUT2D eigenvalue weighted by atomic mass is 19.1. The number of rotatable bonds is 3. The lowest BCUT2D eigenvalue weighted by Crippen LogP contribution is -2.31. The Morgan fingerprint density at radius 2 is 1.96 bits per heavy atom. The summed E-state index contributed by atoms with van der Waals surface area (Å²) in [6.07, 6.45) is -0.484. The SMILES string of the molecule is COC(=O)c1cc(NC(=O)C2Cc3ccccc3O2)c(F)cc1F. The standard InChI is InChI=1S/C17H13F2NO4/c1-23-17(22)10-7-13(12(19)8-11(10)18)20-16(21)15-6-9-4-2-3-5-14(9)24-15/h2-5,7-8,15H,6H2,1H3,(H,20,21). The van der Waals surface area contributed by atoms with Crippen molar-refractivity contribution in [3.8, 4) is 5.75 Å². The minimum atomic E-state index is -1.07. The molecule has 2 aromatic rings. The van der Waals surface area contributed by atoms with Gasteiger partial charge in [0.1, 0.15) is 17.4 Å². The molecule has 0 radical (unpaired) electrons. The van der Waals surface area contributed by atoms with E-state index in [1.807, 2.05) is 12.1 Å². The van der Waals surface area contributed by atoms with Crippen LogP contribution in [-0.2, 0) is 16.0 Å². The Bertz CT molecular complexity index is 797. The summed E-state index contributed by atoms with van der Waals surface area (Å²) in [7, 11) is 1.08. The van der Waals surface area contributed by atoms with Crippen LogP contribution in [0.3, 0.4) is 0 Å². The van der Waals surface area contributed by atoms with E-state index in [1.54, 1.807) is 12.1 Å². The molecule has 124 valence electrons. The van der Waals surface area contributed by atoms with E-state index in [0.717, 1.165) is 18.7 Å². The number of carbonyl (C=O) groups excluding carboxylic acids is 2. The quantitative estimate of drug-likeness (QED) is 0.877. The van der Waals surface area contributed by atoms with Crippen LogP contribution in [0.1, 0.15) is 15.9 Å². The highest BCUT2D eigenvalue weighted by Crippen LogP contribution is 2.29. The van der Waals surface area contributed by atoms with Crippen LogP contribution in [0.4, 0.5) is 14.5 Å². The molecule has 1 aliphatic rings. The molecule has 0 fully saturated rings. The number of amides is 1. The minimum Gasteiger partial charge on any atom is -0.480 e. The van der Waals surface area contributed by atoms with Crippen LogP contribution < -0.4 is 10.1 Å². The van der Waals surface area contributed by atoms with Gasteiger partial charge in [0.2, 0.25) is 0 Å². The van der Waals surface area contributed by atoms with Gasteiger partial charge in [-0.15, -0.1) is 0 Å². The number of ether oxygens (including phenoxy) is 2. The van der Waals surface area contributed by atoms with Gasteiger partial charge in [-0.25, -0.2) is 13.6 Å². The number of nitrogens with one attached hydrogen (secondary N) is 1. The summed E-state index contributed by atoms with van der Waals surface area (Å²) in [5.41, 5.74) is 0.0821.